The number of anilines is 1. The predicted octanol–water partition coefficient (Wildman–Crippen LogP) is 4.27. The molecule has 0 saturated carbocycles. The first-order chi connectivity index (χ1) is 13.1. The maximum Gasteiger partial charge on any atom is 0.416 e. The van der Waals surface area contributed by atoms with Crippen LogP contribution in [0.25, 0.3) is 0 Å². The summed E-state index contributed by atoms with van der Waals surface area (Å²) in [6.45, 7) is 4.17. The van der Waals surface area contributed by atoms with E-state index in [0.717, 1.165) is 12.1 Å². The molecule has 0 unspecified atom stereocenters. The van der Waals surface area contributed by atoms with Crippen LogP contribution in [0, 0.1) is 0 Å². The fourth-order valence-electron chi connectivity index (χ4n) is 2.90. The molecule has 2 aromatic rings. The van der Waals surface area contributed by atoms with Crippen LogP contribution in [0.15, 0.2) is 36.4 Å². The van der Waals surface area contributed by atoms with Crippen molar-refractivity contribution in [2.24, 2.45) is 5.73 Å². The molecule has 0 radical (unpaired) electrons. The minimum Gasteiger partial charge on any atom is -0.486 e. The van der Waals surface area contributed by atoms with Gasteiger partial charge in [-0.3, -0.25) is 4.79 Å². The highest BCUT2D eigenvalue weighted by Crippen LogP contribution is 2.36. The molecule has 1 aliphatic heterocycles. The third-order valence-electron chi connectivity index (χ3n) is 4.65. The molecule has 3 rings (SSSR count). The zero-order valence-corrected chi connectivity index (χ0v) is 16.7. The van der Waals surface area contributed by atoms with E-state index in [0.29, 0.717) is 30.3 Å². The van der Waals surface area contributed by atoms with Crippen molar-refractivity contribution in [3.05, 3.63) is 53.1 Å². The highest BCUT2D eigenvalue weighted by Gasteiger charge is 2.33. The van der Waals surface area contributed by atoms with Crippen LogP contribution >= 0.6 is 12.4 Å². The van der Waals surface area contributed by atoms with Gasteiger partial charge in [0.15, 0.2) is 11.5 Å². The van der Waals surface area contributed by atoms with Crippen LogP contribution in [-0.2, 0) is 22.9 Å². The van der Waals surface area contributed by atoms with Gasteiger partial charge in [0.05, 0.1) is 11.0 Å². The summed E-state index contributed by atoms with van der Waals surface area (Å²) in [5.41, 5.74) is 4.60. The smallest absolute Gasteiger partial charge is 0.416 e. The molecule has 0 bridgehead atoms. The summed E-state index contributed by atoms with van der Waals surface area (Å²) >= 11 is 0. The van der Waals surface area contributed by atoms with Crippen molar-refractivity contribution >= 4 is 24.0 Å². The number of halogens is 4. The van der Waals surface area contributed by atoms with Gasteiger partial charge in [-0.25, -0.2) is 0 Å². The normalized spacial score (nSPS) is 13.4. The molecule has 0 fully saturated rings. The van der Waals surface area contributed by atoms with Gasteiger partial charge in [0.25, 0.3) is 0 Å². The van der Waals surface area contributed by atoms with Gasteiger partial charge >= 0.3 is 6.18 Å². The minimum atomic E-state index is -4.53. The number of hydrogen-bond acceptors (Lipinski definition) is 4. The number of alkyl halides is 3. The number of nitrogens with two attached hydrogens (primary N) is 1. The topological polar surface area (TPSA) is 73.6 Å². The lowest BCUT2D eigenvalue weighted by Crippen LogP contribution is -2.35. The molecule has 0 aromatic heterocycles. The van der Waals surface area contributed by atoms with Crippen molar-refractivity contribution in [3.8, 4) is 11.5 Å². The number of amides is 1. The Hall–Kier alpha value is -2.45. The van der Waals surface area contributed by atoms with Crippen molar-refractivity contribution in [1.82, 2.24) is 0 Å². The van der Waals surface area contributed by atoms with E-state index in [-0.39, 0.29) is 30.2 Å². The van der Waals surface area contributed by atoms with Gasteiger partial charge in [-0.05, 0) is 55.3 Å². The van der Waals surface area contributed by atoms with E-state index in [1.54, 1.807) is 32.0 Å². The maximum atomic E-state index is 13.1. The average molecular weight is 431 g/mol. The molecule has 0 spiro atoms. The molecule has 2 aromatic carbocycles. The fraction of sp³-hybridized carbons (Fsp3) is 0.350. The summed E-state index contributed by atoms with van der Waals surface area (Å²) in [6.07, 6.45) is -4.53. The van der Waals surface area contributed by atoms with Crippen LogP contribution in [0.2, 0.25) is 0 Å². The Labute approximate surface area is 172 Å². The first-order valence-corrected chi connectivity index (χ1v) is 8.74. The molecule has 1 aliphatic rings. The molecular formula is C20H22ClF3N2O3. The van der Waals surface area contributed by atoms with Gasteiger partial charge in [0.1, 0.15) is 13.2 Å². The first kappa shape index (κ1) is 22.8. The number of benzene rings is 2. The van der Waals surface area contributed by atoms with Gasteiger partial charge in [-0.1, -0.05) is 6.07 Å². The Bertz CT molecular complexity index is 901. The molecule has 3 N–H and O–H groups in total. The summed E-state index contributed by atoms with van der Waals surface area (Å²) in [5, 5.41) is 2.58. The average Bonchev–Trinajstić information content (AvgIpc) is 2.66. The van der Waals surface area contributed by atoms with E-state index >= 15 is 0 Å². The van der Waals surface area contributed by atoms with Crippen molar-refractivity contribution in [2.75, 3.05) is 18.5 Å². The molecule has 1 heterocycles. The molecule has 0 aliphatic carbocycles. The van der Waals surface area contributed by atoms with Gasteiger partial charge < -0.3 is 20.5 Å². The SMILES string of the molecule is CC(C)(C(=O)Nc1cc(CN)cc(C(F)(F)F)c1)c1ccc2c(c1)OCCO2.Cl. The van der Waals surface area contributed by atoms with Gasteiger partial charge in [-0.15, -0.1) is 12.4 Å². The van der Waals surface area contributed by atoms with E-state index < -0.39 is 23.1 Å². The predicted molar refractivity (Wildman–Crippen MR) is 106 cm³/mol. The van der Waals surface area contributed by atoms with Crippen LogP contribution in [-0.4, -0.2) is 19.1 Å². The minimum absolute atomic E-state index is 0. The quantitative estimate of drug-likeness (QED) is 0.759. The highest BCUT2D eigenvalue weighted by molar-refractivity contribution is 5.98. The number of carbonyl (C=O) groups is 1. The van der Waals surface area contributed by atoms with Crippen LogP contribution in [0.4, 0.5) is 18.9 Å². The van der Waals surface area contributed by atoms with Crippen LogP contribution in [0.3, 0.4) is 0 Å². The van der Waals surface area contributed by atoms with Gasteiger partial charge in [-0.2, -0.15) is 13.2 Å². The number of nitrogens with one attached hydrogen (secondary N) is 1. The molecule has 29 heavy (non-hydrogen) atoms. The largest absolute Gasteiger partial charge is 0.486 e. The number of hydrogen-bond donors (Lipinski definition) is 2. The molecular weight excluding hydrogens is 409 g/mol. The Balaban J connectivity index is 0.00000300. The Morgan fingerprint density at radius 2 is 1.69 bits per heavy atom. The van der Waals surface area contributed by atoms with Crippen LogP contribution in [0.5, 0.6) is 11.5 Å². The number of ether oxygens (including phenoxy) is 2. The van der Waals surface area contributed by atoms with Crippen molar-refractivity contribution in [2.45, 2.75) is 32.0 Å². The van der Waals surface area contributed by atoms with Crippen LogP contribution in [0.1, 0.15) is 30.5 Å². The summed E-state index contributed by atoms with van der Waals surface area (Å²) in [6, 6.07) is 8.48. The Morgan fingerprint density at radius 1 is 1.03 bits per heavy atom. The summed E-state index contributed by atoms with van der Waals surface area (Å²) < 4.78 is 50.3. The lowest BCUT2D eigenvalue weighted by atomic mass is 9.83. The summed E-state index contributed by atoms with van der Waals surface area (Å²) in [5.74, 6) is 0.678. The Morgan fingerprint density at radius 3 is 2.31 bits per heavy atom. The fourth-order valence-corrected chi connectivity index (χ4v) is 2.90. The van der Waals surface area contributed by atoms with Crippen molar-refractivity contribution < 1.29 is 27.4 Å². The van der Waals surface area contributed by atoms with E-state index in [1.165, 1.54) is 6.07 Å². The number of fused-ring (bicyclic) bond motifs is 1. The second-order valence-electron chi connectivity index (χ2n) is 7.06. The summed E-state index contributed by atoms with van der Waals surface area (Å²) in [4.78, 5) is 12.9. The molecule has 9 heteroatoms. The second kappa shape index (κ2) is 8.51. The van der Waals surface area contributed by atoms with Gasteiger partial charge in [0, 0.05) is 12.2 Å². The molecule has 158 valence electrons. The van der Waals surface area contributed by atoms with E-state index in [4.69, 9.17) is 15.2 Å². The lowest BCUT2D eigenvalue weighted by Gasteiger charge is -2.27. The molecule has 1 amide bonds. The Kier molecular flexibility index (Phi) is 6.70. The zero-order chi connectivity index (χ0) is 20.5. The first-order valence-electron chi connectivity index (χ1n) is 8.74. The maximum absolute atomic E-state index is 13.1. The van der Waals surface area contributed by atoms with Crippen molar-refractivity contribution in [3.63, 3.8) is 0 Å². The number of rotatable bonds is 4. The standard InChI is InChI=1S/C20H21F3N2O3.ClH/c1-19(2,13-3-4-16-17(10-13)28-6-5-27-16)18(26)25-15-8-12(11-24)7-14(9-15)20(21,22)23;/h3-4,7-10H,5-6,11,24H2,1-2H3,(H,25,26);1H. The monoisotopic (exact) mass is 430 g/mol. The van der Waals surface area contributed by atoms with Crippen molar-refractivity contribution in [1.29, 1.82) is 0 Å². The van der Waals surface area contributed by atoms with Crippen LogP contribution < -0.4 is 20.5 Å². The summed E-state index contributed by atoms with van der Waals surface area (Å²) in [7, 11) is 0. The molecule has 0 atom stereocenters. The zero-order valence-electron chi connectivity index (χ0n) is 15.9. The van der Waals surface area contributed by atoms with E-state index in [1.807, 2.05) is 0 Å². The van der Waals surface area contributed by atoms with Gasteiger partial charge in [0.2, 0.25) is 5.91 Å². The third kappa shape index (κ3) is 4.94. The molecule has 0 saturated heterocycles. The number of carbonyl (C=O) groups excluding carboxylic acids is 1. The van der Waals surface area contributed by atoms with E-state index in [9.17, 15) is 18.0 Å². The molecule has 5 nitrogen and oxygen atoms in total. The second-order valence-corrected chi connectivity index (χ2v) is 7.06. The lowest BCUT2D eigenvalue weighted by molar-refractivity contribution is -0.137. The van der Waals surface area contributed by atoms with E-state index in [2.05, 4.69) is 5.32 Å². The third-order valence-corrected chi connectivity index (χ3v) is 4.65. The highest BCUT2D eigenvalue weighted by atomic mass is 35.5.